The Morgan fingerprint density at radius 3 is 2.92 bits per heavy atom. The lowest BCUT2D eigenvalue weighted by molar-refractivity contribution is 0.675. The summed E-state index contributed by atoms with van der Waals surface area (Å²) in [5.74, 6) is 1.58. The van der Waals surface area contributed by atoms with Gasteiger partial charge in [-0.2, -0.15) is 0 Å². The van der Waals surface area contributed by atoms with E-state index in [0.29, 0.717) is 5.92 Å². The van der Waals surface area contributed by atoms with E-state index in [4.69, 9.17) is 5.73 Å². The van der Waals surface area contributed by atoms with Crippen LogP contribution in [0.4, 0.5) is 0 Å². The zero-order chi connectivity index (χ0) is 9.68. The van der Waals surface area contributed by atoms with Gasteiger partial charge in [-0.1, -0.05) is 6.92 Å². The highest BCUT2D eigenvalue weighted by Gasteiger charge is 2.01. The summed E-state index contributed by atoms with van der Waals surface area (Å²) in [4.78, 5) is 4.26. The zero-order valence-electron chi connectivity index (χ0n) is 7.53. The first-order chi connectivity index (χ1) is 6.22. The summed E-state index contributed by atoms with van der Waals surface area (Å²) in [6.07, 6.45) is 1.81. The maximum absolute atomic E-state index is 5.52. The molecule has 2 N–H and O–H groups in total. The van der Waals surface area contributed by atoms with Gasteiger partial charge in [0.2, 0.25) is 0 Å². The second kappa shape index (κ2) is 5.62. The summed E-state index contributed by atoms with van der Waals surface area (Å²) in [6.45, 7) is 2.88. The van der Waals surface area contributed by atoms with Crippen LogP contribution in [0.3, 0.4) is 0 Å². The molecular weight excluding hydrogens is 248 g/mol. The summed E-state index contributed by atoms with van der Waals surface area (Å²) in [5, 5.41) is 1.06. The Hall–Kier alpha value is -0.0600. The van der Waals surface area contributed by atoms with E-state index in [0.717, 1.165) is 21.8 Å². The molecular formula is C9H13BrN2S. The molecule has 0 bridgehead atoms. The Kier molecular flexibility index (Phi) is 4.77. The van der Waals surface area contributed by atoms with Crippen LogP contribution in [0.5, 0.6) is 0 Å². The number of thioether (sulfide) groups is 1. The first-order valence-corrected chi connectivity index (χ1v) is 5.94. The van der Waals surface area contributed by atoms with Crippen molar-refractivity contribution in [3.63, 3.8) is 0 Å². The smallest absolute Gasteiger partial charge is 0.0960 e. The largest absolute Gasteiger partial charge is 0.330 e. The fourth-order valence-corrected chi connectivity index (χ4v) is 1.86. The van der Waals surface area contributed by atoms with E-state index in [1.165, 1.54) is 0 Å². The van der Waals surface area contributed by atoms with Gasteiger partial charge in [-0.05, 0) is 40.5 Å². The highest BCUT2D eigenvalue weighted by Crippen LogP contribution is 2.19. The van der Waals surface area contributed by atoms with Gasteiger partial charge in [-0.15, -0.1) is 11.8 Å². The molecule has 0 aliphatic rings. The molecule has 1 rings (SSSR count). The Morgan fingerprint density at radius 1 is 1.62 bits per heavy atom. The van der Waals surface area contributed by atoms with Gasteiger partial charge in [0.05, 0.1) is 5.03 Å². The van der Waals surface area contributed by atoms with Gasteiger partial charge in [0.25, 0.3) is 0 Å². The standard InChI is InChI=1S/C9H13BrN2S/c1-7(4-11)6-13-9-3-2-8(10)5-12-9/h2-3,5,7H,4,6,11H2,1H3. The van der Waals surface area contributed by atoms with Gasteiger partial charge in [-0.25, -0.2) is 4.98 Å². The molecule has 0 spiro atoms. The van der Waals surface area contributed by atoms with Crippen molar-refractivity contribution in [1.82, 2.24) is 4.98 Å². The maximum atomic E-state index is 5.52. The molecule has 0 aliphatic heterocycles. The van der Waals surface area contributed by atoms with Gasteiger partial charge >= 0.3 is 0 Å². The van der Waals surface area contributed by atoms with Crippen molar-refractivity contribution in [2.24, 2.45) is 11.7 Å². The number of aromatic nitrogens is 1. The molecule has 0 amide bonds. The molecule has 0 radical (unpaired) electrons. The van der Waals surface area contributed by atoms with Gasteiger partial charge in [0.1, 0.15) is 0 Å². The molecule has 1 unspecified atom stereocenters. The second-order valence-corrected chi connectivity index (χ2v) is 4.92. The molecule has 13 heavy (non-hydrogen) atoms. The normalized spacial score (nSPS) is 12.8. The molecule has 1 aromatic rings. The predicted molar refractivity (Wildman–Crippen MR) is 60.9 cm³/mol. The third-order valence-electron chi connectivity index (χ3n) is 1.62. The van der Waals surface area contributed by atoms with Crippen molar-refractivity contribution in [1.29, 1.82) is 0 Å². The van der Waals surface area contributed by atoms with E-state index < -0.39 is 0 Å². The minimum Gasteiger partial charge on any atom is -0.330 e. The van der Waals surface area contributed by atoms with E-state index in [9.17, 15) is 0 Å². The van der Waals surface area contributed by atoms with Crippen LogP contribution < -0.4 is 5.73 Å². The molecule has 0 saturated heterocycles. The summed E-state index contributed by atoms with van der Waals surface area (Å²) in [6, 6.07) is 4.01. The van der Waals surface area contributed by atoms with Crippen LogP contribution in [-0.2, 0) is 0 Å². The minimum absolute atomic E-state index is 0.551. The third kappa shape index (κ3) is 4.11. The molecule has 0 saturated carbocycles. The lowest BCUT2D eigenvalue weighted by Crippen LogP contribution is -2.12. The molecule has 1 aromatic heterocycles. The van der Waals surface area contributed by atoms with Crippen molar-refractivity contribution >= 4 is 27.7 Å². The van der Waals surface area contributed by atoms with Crippen molar-refractivity contribution < 1.29 is 0 Å². The van der Waals surface area contributed by atoms with Gasteiger partial charge in [0.15, 0.2) is 0 Å². The highest BCUT2D eigenvalue weighted by atomic mass is 79.9. The van der Waals surface area contributed by atoms with E-state index in [1.54, 1.807) is 11.8 Å². The number of hydrogen-bond acceptors (Lipinski definition) is 3. The van der Waals surface area contributed by atoms with Crippen molar-refractivity contribution in [2.45, 2.75) is 11.9 Å². The predicted octanol–water partition coefficient (Wildman–Crippen LogP) is 2.53. The number of nitrogens with two attached hydrogens (primary N) is 1. The summed E-state index contributed by atoms with van der Waals surface area (Å²) < 4.78 is 1.02. The Morgan fingerprint density at radius 2 is 2.38 bits per heavy atom. The van der Waals surface area contributed by atoms with Crippen LogP contribution in [-0.4, -0.2) is 17.3 Å². The van der Waals surface area contributed by atoms with Crippen molar-refractivity contribution in [3.8, 4) is 0 Å². The molecule has 72 valence electrons. The maximum Gasteiger partial charge on any atom is 0.0960 e. The summed E-state index contributed by atoms with van der Waals surface area (Å²) >= 11 is 5.10. The first-order valence-electron chi connectivity index (χ1n) is 4.17. The second-order valence-electron chi connectivity index (χ2n) is 2.97. The number of pyridine rings is 1. The van der Waals surface area contributed by atoms with Crippen LogP contribution in [0, 0.1) is 5.92 Å². The molecule has 4 heteroatoms. The number of hydrogen-bond donors (Lipinski definition) is 1. The minimum atomic E-state index is 0.551. The average molecular weight is 261 g/mol. The van der Waals surface area contributed by atoms with Crippen LogP contribution in [0.15, 0.2) is 27.8 Å². The Balaban J connectivity index is 2.41. The summed E-state index contributed by atoms with van der Waals surface area (Å²) in [5.41, 5.74) is 5.52. The Bertz CT molecular complexity index is 250. The topological polar surface area (TPSA) is 38.9 Å². The third-order valence-corrected chi connectivity index (χ3v) is 3.36. The van der Waals surface area contributed by atoms with Crippen LogP contribution in [0.2, 0.25) is 0 Å². The van der Waals surface area contributed by atoms with Gasteiger partial charge < -0.3 is 5.73 Å². The van der Waals surface area contributed by atoms with E-state index in [2.05, 4.69) is 27.8 Å². The van der Waals surface area contributed by atoms with Crippen molar-refractivity contribution in [2.75, 3.05) is 12.3 Å². The SMILES string of the molecule is CC(CN)CSc1ccc(Br)cn1. The van der Waals surface area contributed by atoms with Crippen molar-refractivity contribution in [3.05, 3.63) is 22.8 Å². The van der Waals surface area contributed by atoms with Crippen LogP contribution >= 0.6 is 27.7 Å². The van der Waals surface area contributed by atoms with Gasteiger partial charge in [-0.3, -0.25) is 0 Å². The highest BCUT2D eigenvalue weighted by molar-refractivity contribution is 9.10. The number of nitrogens with zero attached hydrogens (tertiary/aromatic N) is 1. The molecule has 1 heterocycles. The fourth-order valence-electron chi connectivity index (χ4n) is 0.743. The molecule has 1 atom stereocenters. The first kappa shape index (κ1) is 11.0. The molecule has 0 aliphatic carbocycles. The van der Waals surface area contributed by atoms with E-state index in [-0.39, 0.29) is 0 Å². The van der Waals surface area contributed by atoms with Crippen LogP contribution in [0.1, 0.15) is 6.92 Å². The van der Waals surface area contributed by atoms with Gasteiger partial charge in [0, 0.05) is 16.4 Å². The molecule has 0 fully saturated rings. The molecule has 0 aromatic carbocycles. The number of halogens is 1. The van der Waals surface area contributed by atoms with E-state index in [1.807, 2.05) is 18.3 Å². The number of rotatable bonds is 4. The monoisotopic (exact) mass is 260 g/mol. The lowest BCUT2D eigenvalue weighted by atomic mass is 10.2. The summed E-state index contributed by atoms with van der Waals surface area (Å²) in [7, 11) is 0. The average Bonchev–Trinajstić information content (AvgIpc) is 2.16. The fraction of sp³-hybridized carbons (Fsp3) is 0.444. The quantitative estimate of drug-likeness (QED) is 0.846. The Labute approximate surface area is 91.4 Å². The zero-order valence-corrected chi connectivity index (χ0v) is 9.94. The van der Waals surface area contributed by atoms with Crippen LogP contribution in [0.25, 0.3) is 0 Å². The lowest BCUT2D eigenvalue weighted by Gasteiger charge is -2.06. The van der Waals surface area contributed by atoms with E-state index >= 15 is 0 Å². The molecule has 2 nitrogen and oxygen atoms in total.